The molecule has 5 N–H and O–H groups in total. The number of nitrogens with two attached hydrogens (primary N) is 1. The second-order valence-corrected chi connectivity index (χ2v) is 2.33. The van der Waals surface area contributed by atoms with E-state index in [9.17, 15) is 9.59 Å². The van der Waals surface area contributed by atoms with Gasteiger partial charge in [-0.05, 0) is 7.05 Å². The predicted octanol–water partition coefficient (Wildman–Crippen LogP) is -1.38. The Labute approximate surface area is 81.5 Å². The van der Waals surface area contributed by atoms with Crippen LogP contribution >= 0.6 is 12.6 Å². The van der Waals surface area contributed by atoms with Gasteiger partial charge in [0.25, 0.3) is 0 Å². The molecule has 0 spiro atoms. The summed E-state index contributed by atoms with van der Waals surface area (Å²) in [5.74, 6) is -1.50. The minimum atomic E-state index is -0.968. The van der Waals surface area contributed by atoms with E-state index in [0.717, 1.165) is 0 Å². The van der Waals surface area contributed by atoms with Crippen molar-refractivity contribution in [1.82, 2.24) is 5.32 Å². The molecule has 0 aromatic heterocycles. The first-order chi connectivity index (χ1) is 5.99. The van der Waals surface area contributed by atoms with Crippen molar-refractivity contribution in [3.8, 4) is 0 Å². The molecular weight excluding hydrogens is 196 g/mol. The average Bonchev–Trinajstić information content (AvgIpc) is 2.07. The second-order valence-electron chi connectivity index (χ2n) is 1.96. The zero-order valence-corrected chi connectivity index (χ0v) is 8.12. The molecule has 0 aliphatic carbocycles. The predicted molar refractivity (Wildman–Crippen MR) is 51.0 cm³/mol. The molecule has 1 unspecified atom stereocenters. The number of carboxylic acid groups (broad SMARTS) is 2. The van der Waals surface area contributed by atoms with Gasteiger partial charge in [-0.15, -0.1) is 0 Å². The van der Waals surface area contributed by atoms with Gasteiger partial charge in [-0.25, -0.2) is 0 Å². The SMILES string of the molecule is CNC(CS)C(=O)O.NCC(=O)O. The van der Waals surface area contributed by atoms with E-state index in [1.54, 1.807) is 7.05 Å². The quantitative estimate of drug-likeness (QED) is 0.365. The van der Waals surface area contributed by atoms with E-state index >= 15 is 0 Å². The molecule has 0 aromatic carbocycles. The third-order valence-corrected chi connectivity index (χ3v) is 1.37. The van der Waals surface area contributed by atoms with Gasteiger partial charge in [0.05, 0.1) is 6.54 Å². The number of carbonyl (C=O) groups is 2. The van der Waals surface area contributed by atoms with Crippen molar-refractivity contribution in [1.29, 1.82) is 0 Å². The highest BCUT2D eigenvalue weighted by Crippen LogP contribution is 1.84. The summed E-state index contributed by atoms with van der Waals surface area (Å²) in [6.07, 6.45) is 0. The van der Waals surface area contributed by atoms with Crippen LogP contribution in [0.4, 0.5) is 0 Å². The molecule has 78 valence electrons. The van der Waals surface area contributed by atoms with Gasteiger partial charge in [0.1, 0.15) is 6.04 Å². The number of nitrogens with one attached hydrogen (secondary N) is 1. The minimum Gasteiger partial charge on any atom is -0.480 e. The van der Waals surface area contributed by atoms with Crippen molar-refractivity contribution >= 4 is 24.6 Å². The van der Waals surface area contributed by atoms with E-state index in [2.05, 4.69) is 23.7 Å². The van der Waals surface area contributed by atoms with Gasteiger partial charge < -0.3 is 21.3 Å². The Morgan fingerprint density at radius 3 is 1.92 bits per heavy atom. The van der Waals surface area contributed by atoms with E-state index in [1.165, 1.54) is 0 Å². The van der Waals surface area contributed by atoms with Crippen LogP contribution in [0.3, 0.4) is 0 Å². The largest absolute Gasteiger partial charge is 0.480 e. The van der Waals surface area contributed by atoms with Crippen LogP contribution in [-0.2, 0) is 9.59 Å². The normalized spacial score (nSPS) is 11.0. The highest BCUT2D eigenvalue weighted by Gasteiger charge is 2.10. The highest BCUT2D eigenvalue weighted by atomic mass is 32.1. The Morgan fingerprint density at radius 1 is 1.54 bits per heavy atom. The van der Waals surface area contributed by atoms with Crippen molar-refractivity contribution in [2.75, 3.05) is 19.3 Å². The summed E-state index contributed by atoms with van der Waals surface area (Å²) in [7, 11) is 1.59. The zero-order chi connectivity index (χ0) is 10.9. The Bertz CT molecular complexity index is 161. The molecule has 7 heteroatoms. The highest BCUT2D eigenvalue weighted by molar-refractivity contribution is 7.80. The Balaban J connectivity index is 0. The monoisotopic (exact) mass is 210 g/mol. The first kappa shape index (κ1) is 14.7. The standard InChI is InChI=1S/C4H9NO2S.C2H5NO2/c1-5-3(2-8)4(6)7;3-1-2(4)5/h3,5,8H,2H2,1H3,(H,6,7);1,3H2,(H,4,5). The van der Waals surface area contributed by atoms with Gasteiger partial charge in [-0.2, -0.15) is 12.6 Å². The molecule has 0 saturated heterocycles. The van der Waals surface area contributed by atoms with E-state index in [4.69, 9.17) is 10.2 Å². The molecule has 0 bridgehead atoms. The van der Waals surface area contributed by atoms with Gasteiger partial charge in [-0.3, -0.25) is 9.59 Å². The fourth-order valence-electron chi connectivity index (χ4n) is 0.293. The summed E-state index contributed by atoms with van der Waals surface area (Å²) >= 11 is 3.79. The van der Waals surface area contributed by atoms with Crippen LogP contribution in [0.2, 0.25) is 0 Å². The third-order valence-electron chi connectivity index (χ3n) is 1.00. The van der Waals surface area contributed by atoms with Crippen LogP contribution < -0.4 is 11.1 Å². The molecule has 0 radical (unpaired) electrons. The van der Waals surface area contributed by atoms with Crippen molar-refractivity contribution in [3.05, 3.63) is 0 Å². The fraction of sp³-hybridized carbons (Fsp3) is 0.667. The van der Waals surface area contributed by atoms with Gasteiger partial charge in [0.2, 0.25) is 0 Å². The van der Waals surface area contributed by atoms with E-state index in [-0.39, 0.29) is 6.54 Å². The molecule has 0 aliphatic heterocycles. The molecule has 0 heterocycles. The summed E-state index contributed by atoms with van der Waals surface area (Å²) in [4.78, 5) is 19.3. The summed E-state index contributed by atoms with van der Waals surface area (Å²) in [5.41, 5.74) is 4.57. The molecular formula is C6H14N2O4S. The fourth-order valence-corrected chi connectivity index (χ4v) is 0.632. The van der Waals surface area contributed by atoms with Crippen molar-refractivity contribution in [3.63, 3.8) is 0 Å². The first-order valence-corrected chi connectivity index (χ1v) is 4.05. The molecule has 13 heavy (non-hydrogen) atoms. The second kappa shape index (κ2) is 9.30. The van der Waals surface area contributed by atoms with E-state index in [1.807, 2.05) is 0 Å². The van der Waals surface area contributed by atoms with E-state index in [0.29, 0.717) is 5.75 Å². The van der Waals surface area contributed by atoms with Gasteiger partial charge >= 0.3 is 11.9 Å². The van der Waals surface area contributed by atoms with Crippen LogP contribution in [0.15, 0.2) is 0 Å². The minimum absolute atomic E-state index is 0.278. The van der Waals surface area contributed by atoms with E-state index < -0.39 is 18.0 Å². The van der Waals surface area contributed by atoms with Crippen LogP contribution in [0.25, 0.3) is 0 Å². The van der Waals surface area contributed by atoms with Gasteiger partial charge in [-0.1, -0.05) is 0 Å². The number of hydrogen-bond acceptors (Lipinski definition) is 5. The lowest BCUT2D eigenvalue weighted by Crippen LogP contribution is -2.35. The third kappa shape index (κ3) is 11.2. The molecule has 0 aromatic rings. The maximum atomic E-state index is 10.1. The average molecular weight is 210 g/mol. The lowest BCUT2D eigenvalue weighted by molar-refractivity contribution is -0.138. The molecule has 0 amide bonds. The molecule has 6 nitrogen and oxygen atoms in total. The maximum absolute atomic E-state index is 10.1. The molecule has 0 rings (SSSR count). The molecule has 0 aliphatic rings. The summed E-state index contributed by atoms with van der Waals surface area (Å²) in [6.45, 7) is -0.278. The Morgan fingerprint density at radius 2 is 1.92 bits per heavy atom. The maximum Gasteiger partial charge on any atom is 0.321 e. The van der Waals surface area contributed by atoms with Crippen molar-refractivity contribution in [2.45, 2.75) is 6.04 Å². The summed E-state index contributed by atoms with van der Waals surface area (Å²) < 4.78 is 0. The topological polar surface area (TPSA) is 113 Å². The van der Waals surface area contributed by atoms with Crippen LogP contribution in [0, 0.1) is 0 Å². The lowest BCUT2D eigenvalue weighted by Gasteiger charge is -2.04. The number of carboxylic acids is 2. The number of hydrogen-bond donors (Lipinski definition) is 5. The number of aliphatic carboxylic acids is 2. The van der Waals surface area contributed by atoms with Crippen molar-refractivity contribution in [2.24, 2.45) is 5.73 Å². The van der Waals surface area contributed by atoms with Crippen LogP contribution in [-0.4, -0.2) is 47.5 Å². The van der Waals surface area contributed by atoms with Gasteiger partial charge in [0.15, 0.2) is 0 Å². The van der Waals surface area contributed by atoms with Crippen LogP contribution in [0.1, 0.15) is 0 Å². The van der Waals surface area contributed by atoms with Crippen molar-refractivity contribution < 1.29 is 19.8 Å². The van der Waals surface area contributed by atoms with Crippen LogP contribution in [0.5, 0.6) is 0 Å². The number of thiol groups is 1. The van der Waals surface area contributed by atoms with Gasteiger partial charge in [0, 0.05) is 5.75 Å². The number of rotatable bonds is 4. The molecule has 0 fully saturated rings. The molecule has 0 saturated carbocycles. The summed E-state index contributed by atoms with van der Waals surface area (Å²) in [6, 6.07) is -0.515. The smallest absolute Gasteiger partial charge is 0.321 e. The number of likely N-dealkylation sites (N-methyl/N-ethyl adjacent to an activating group) is 1. The Hall–Kier alpha value is -0.790. The molecule has 1 atom stereocenters. The lowest BCUT2D eigenvalue weighted by atomic mass is 10.3. The summed E-state index contributed by atoms with van der Waals surface area (Å²) in [5, 5.41) is 18.4. The Kier molecular flexibility index (Phi) is 10.5. The zero-order valence-electron chi connectivity index (χ0n) is 7.23. The first-order valence-electron chi connectivity index (χ1n) is 3.42.